The summed E-state index contributed by atoms with van der Waals surface area (Å²) in [6, 6.07) is 16.0. The molecule has 0 aliphatic heterocycles. The van der Waals surface area contributed by atoms with Crippen LogP contribution in [0.4, 0.5) is 0 Å². The van der Waals surface area contributed by atoms with Gasteiger partial charge in [0.1, 0.15) is 17.7 Å². The lowest BCUT2D eigenvalue weighted by Crippen LogP contribution is -2.34. The minimum atomic E-state index is -0.635. The number of aromatic nitrogens is 2. The molecule has 3 aromatic rings. The van der Waals surface area contributed by atoms with E-state index in [0.717, 1.165) is 34.8 Å². The van der Waals surface area contributed by atoms with E-state index in [1.54, 1.807) is 14.2 Å². The van der Waals surface area contributed by atoms with Gasteiger partial charge in [0, 0.05) is 18.7 Å². The van der Waals surface area contributed by atoms with Crippen LogP contribution in [0.15, 0.2) is 48.5 Å². The van der Waals surface area contributed by atoms with E-state index in [2.05, 4.69) is 14.3 Å². The lowest BCUT2D eigenvalue weighted by molar-refractivity contribution is 0.0734. The summed E-state index contributed by atoms with van der Waals surface area (Å²) in [5, 5.41) is 11.1. The van der Waals surface area contributed by atoms with Gasteiger partial charge < -0.3 is 24.2 Å². The molecule has 1 unspecified atom stereocenters. The minimum Gasteiger partial charge on any atom is -0.493 e. The van der Waals surface area contributed by atoms with Crippen LogP contribution in [0.5, 0.6) is 17.5 Å². The van der Waals surface area contributed by atoms with E-state index in [0.29, 0.717) is 18.3 Å². The molecule has 3 rings (SSSR count). The second-order valence-corrected chi connectivity index (χ2v) is 7.67. The van der Waals surface area contributed by atoms with Gasteiger partial charge in [0.2, 0.25) is 0 Å². The molecule has 168 valence electrons. The first kappa shape index (κ1) is 24.9. The summed E-state index contributed by atoms with van der Waals surface area (Å²) in [7, 11) is 5.22. The van der Waals surface area contributed by atoms with Crippen LogP contribution in [0.3, 0.4) is 0 Å². The minimum absolute atomic E-state index is 0. The molecule has 0 aliphatic rings. The normalized spacial score (nSPS) is 11.6. The molecule has 0 bridgehead atoms. The summed E-state index contributed by atoms with van der Waals surface area (Å²) < 4.78 is 20.4. The van der Waals surface area contributed by atoms with Gasteiger partial charge in [-0.15, -0.1) is 16.8 Å². The maximum atomic E-state index is 10.3. The van der Waals surface area contributed by atoms with Crippen molar-refractivity contribution in [1.82, 2.24) is 14.3 Å². The van der Waals surface area contributed by atoms with Crippen LogP contribution in [0, 0.1) is 0 Å². The Morgan fingerprint density at radius 2 is 1.81 bits per heavy atom. The molecule has 1 N–H and O–H groups in total. The Hall–Kier alpha value is -2.39. The Labute approximate surface area is 193 Å². The van der Waals surface area contributed by atoms with Crippen molar-refractivity contribution in [3.8, 4) is 28.1 Å². The van der Waals surface area contributed by atoms with Crippen LogP contribution in [-0.4, -0.2) is 66.4 Å². The molecule has 0 aliphatic carbocycles. The van der Waals surface area contributed by atoms with Crippen molar-refractivity contribution in [2.45, 2.75) is 12.5 Å². The van der Waals surface area contributed by atoms with E-state index >= 15 is 0 Å². The fourth-order valence-electron chi connectivity index (χ4n) is 3.00. The van der Waals surface area contributed by atoms with Crippen molar-refractivity contribution in [3.05, 3.63) is 54.1 Å². The van der Waals surface area contributed by atoms with Crippen LogP contribution in [0.2, 0.25) is 0 Å². The summed E-state index contributed by atoms with van der Waals surface area (Å²) in [6.45, 7) is 1.42. The number of benzene rings is 2. The van der Waals surface area contributed by atoms with Gasteiger partial charge in [0.15, 0.2) is 11.5 Å². The average Bonchev–Trinajstić information content (AvgIpc) is 3.26. The fourth-order valence-corrected chi connectivity index (χ4v) is 3.62. The standard InChI is InChI=1S/C22H27N3O4S.ClH/c1-25(12-11-16-9-10-19(27-2)20(13-16)28-3)14-18(26)15-29-22-23-21(30-24-22)17-7-5-4-6-8-17;/h4-10,13,18,26H,11-12,14-15H2,1-3H3;1H. The molecular weight excluding hydrogens is 438 g/mol. The highest BCUT2D eigenvalue weighted by Gasteiger charge is 2.13. The number of rotatable bonds is 11. The summed E-state index contributed by atoms with van der Waals surface area (Å²) in [4.78, 5) is 6.44. The van der Waals surface area contributed by atoms with Crippen LogP contribution < -0.4 is 14.2 Å². The zero-order valence-electron chi connectivity index (χ0n) is 17.9. The molecule has 31 heavy (non-hydrogen) atoms. The van der Waals surface area contributed by atoms with Crippen LogP contribution in [0.1, 0.15) is 5.56 Å². The highest BCUT2D eigenvalue weighted by molar-refractivity contribution is 7.09. The summed E-state index contributed by atoms with van der Waals surface area (Å²) in [6.07, 6.45) is 0.197. The van der Waals surface area contributed by atoms with E-state index in [4.69, 9.17) is 14.2 Å². The number of nitrogens with zero attached hydrogens (tertiary/aromatic N) is 3. The second kappa shape index (κ2) is 12.5. The molecular formula is C22H28ClN3O4S. The Bertz CT molecular complexity index is 926. The Morgan fingerprint density at radius 3 is 2.52 bits per heavy atom. The summed E-state index contributed by atoms with van der Waals surface area (Å²) >= 11 is 1.28. The first-order valence-electron chi connectivity index (χ1n) is 9.68. The SMILES string of the molecule is COc1ccc(CCN(C)CC(O)COc2nsc(-c3ccccc3)n2)cc1OC.Cl. The number of methoxy groups -OCH3 is 2. The molecule has 0 amide bonds. The van der Waals surface area contributed by atoms with Gasteiger partial charge in [-0.3, -0.25) is 0 Å². The summed E-state index contributed by atoms with van der Waals surface area (Å²) in [5.74, 6) is 1.44. The number of aliphatic hydroxyl groups excluding tert-OH is 1. The Kier molecular flexibility index (Phi) is 10.00. The lowest BCUT2D eigenvalue weighted by Gasteiger charge is -2.20. The molecule has 0 radical (unpaired) electrons. The molecule has 0 fully saturated rings. The van der Waals surface area contributed by atoms with Gasteiger partial charge in [0.25, 0.3) is 0 Å². The van der Waals surface area contributed by atoms with E-state index < -0.39 is 6.10 Å². The number of halogens is 1. The van der Waals surface area contributed by atoms with Crippen molar-refractivity contribution in [1.29, 1.82) is 0 Å². The van der Waals surface area contributed by atoms with Crippen LogP contribution in [-0.2, 0) is 6.42 Å². The van der Waals surface area contributed by atoms with Crippen LogP contribution in [0.25, 0.3) is 10.6 Å². The van der Waals surface area contributed by atoms with Crippen molar-refractivity contribution >= 4 is 23.9 Å². The first-order valence-corrected chi connectivity index (χ1v) is 10.5. The smallest absolute Gasteiger partial charge is 0.328 e. The molecule has 1 aromatic heterocycles. The fraction of sp³-hybridized carbons (Fsp3) is 0.364. The van der Waals surface area contributed by atoms with Crippen molar-refractivity contribution < 1.29 is 19.3 Å². The van der Waals surface area contributed by atoms with Gasteiger partial charge in [-0.05, 0) is 42.7 Å². The number of likely N-dealkylation sites (N-methyl/N-ethyl adjacent to an activating group) is 1. The molecule has 9 heteroatoms. The third-order valence-electron chi connectivity index (χ3n) is 4.59. The third-order valence-corrected chi connectivity index (χ3v) is 5.33. The summed E-state index contributed by atoms with van der Waals surface area (Å²) in [5.41, 5.74) is 2.14. The Morgan fingerprint density at radius 1 is 1.06 bits per heavy atom. The molecule has 1 heterocycles. The second-order valence-electron chi connectivity index (χ2n) is 6.91. The van der Waals surface area contributed by atoms with Gasteiger partial charge >= 0.3 is 6.01 Å². The number of hydrogen-bond acceptors (Lipinski definition) is 8. The van der Waals surface area contributed by atoms with Crippen molar-refractivity contribution in [2.24, 2.45) is 0 Å². The predicted octanol–water partition coefficient (Wildman–Crippen LogP) is 3.56. The van der Waals surface area contributed by atoms with E-state index in [1.165, 1.54) is 11.5 Å². The molecule has 0 spiro atoms. The zero-order chi connectivity index (χ0) is 21.3. The Balaban J connectivity index is 0.00000341. The largest absolute Gasteiger partial charge is 0.493 e. The van der Waals surface area contributed by atoms with E-state index in [9.17, 15) is 5.11 Å². The average molecular weight is 466 g/mol. The molecule has 0 saturated heterocycles. The van der Waals surface area contributed by atoms with E-state index in [1.807, 2.05) is 55.6 Å². The highest BCUT2D eigenvalue weighted by Crippen LogP contribution is 2.27. The van der Waals surface area contributed by atoms with Gasteiger partial charge in [-0.25, -0.2) is 0 Å². The number of aliphatic hydroxyl groups is 1. The van der Waals surface area contributed by atoms with Gasteiger partial charge in [-0.1, -0.05) is 36.4 Å². The number of hydrogen-bond donors (Lipinski definition) is 1. The van der Waals surface area contributed by atoms with Gasteiger partial charge in [-0.2, -0.15) is 4.98 Å². The topological polar surface area (TPSA) is 76.9 Å². The quantitative estimate of drug-likeness (QED) is 0.464. The predicted molar refractivity (Wildman–Crippen MR) is 125 cm³/mol. The maximum Gasteiger partial charge on any atom is 0.328 e. The first-order chi connectivity index (χ1) is 14.6. The van der Waals surface area contributed by atoms with Crippen molar-refractivity contribution in [3.63, 3.8) is 0 Å². The van der Waals surface area contributed by atoms with Crippen molar-refractivity contribution in [2.75, 3.05) is 41.0 Å². The number of ether oxygens (including phenoxy) is 3. The monoisotopic (exact) mass is 465 g/mol. The zero-order valence-corrected chi connectivity index (χ0v) is 19.5. The maximum absolute atomic E-state index is 10.3. The van der Waals surface area contributed by atoms with Gasteiger partial charge in [0.05, 0.1) is 14.2 Å². The van der Waals surface area contributed by atoms with E-state index in [-0.39, 0.29) is 19.0 Å². The van der Waals surface area contributed by atoms with Crippen LogP contribution >= 0.6 is 23.9 Å². The highest BCUT2D eigenvalue weighted by atomic mass is 35.5. The molecule has 1 atom stereocenters. The lowest BCUT2D eigenvalue weighted by atomic mass is 10.1. The molecule has 0 saturated carbocycles. The third kappa shape index (κ3) is 7.36. The molecule has 7 nitrogen and oxygen atoms in total. The molecule has 2 aromatic carbocycles.